The Hall–Kier alpha value is -1.41. The van der Waals surface area contributed by atoms with Gasteiger partial charge < -0.3 is 0 Å². The topological polar surface area (TPSA) is 57.9 Å². The van der Waals surface area contributed by atoms with E-state index in [0.717, 1.165) is 12.1 Å². The van der Waals surface area contributed by atoms with Crippen LogP contribution in [-0.4, -0.2) is 14.2 Å². The molecule has 0 atom stereocenters. The summed E-state index contributed by atoms with van der Waals surface area (Å²) in [4.78, 5) is 0.0501. The fourth-order valence-corrected chi connectivity index (χ4v) is 2.09. The molecule has 0 aromatic heterocycles. The smallest absolute Gasteiger partial charge is 0.179 e. The quantitative estimate of drug-likeness (QED) is 0.715. The van der Waals surface area contributed by atoms with Crippen LogP contribution in [0.1, 0.15) is 6.42 Å². The molecular weight excluding hydrogens is 205 g/mol. The van der Waals surface area contributed by atoms with Gasteiger partial charge in [0, 0.05) is 6.42 Å². The van der Waals surface area contributed by atoms with Gasteiger partial charge in [-0.2, -0.15) is 5.26 Å². The third-order valence-electron chi connectivity index (χ3n) is 1.66. The summed E-state index contributed by atoms with van der Waals surface area (Å²) >= 11 is 0. The third-order valence-corrected chi connectivity index (χ3v) is 3.39. The van der Waals surface area contributed by atoms with Crippen molar-refractivity contribution in [2.24, 2.45) is 0 Å². The standard InChI is InChI=1S/C9H8FNO2S/c10-8-2-4-9(5-3-8)14(12,13)7-1-6-11/h2-5H,1,7H2. The molecule has 0 amide bonds. The van der Waals surface area contributed by atoms with Crippen LogP contribution in [0.15, 0.2) is 29.2 Å². The molecular formula is C9H8FNO2S. The normalized spacial score (nSPS) is 10.9. The van der Waals surface area contributed by atoms with Crippen LogP contribution in [0.5, 0.6) is 0 Å². The van der Waals surface area contributed by atoms with E-state index in [1.54, 1.807) is 6.07 Å². The summed E-state index contributed by atoms with van der Waals surface area (Å²) in [5.41, 5.74) is 0. The molecule has 74 valence electrons. The second-order valence-corrected chi connectivity index (χ2v) is 4.79. The van der Waals surface area contributed by atoms with Crippen molar-refractivity contribution in [1.29, 1.82) is 5.26 Å². The lowest BCUT2D eigenvalue weighted by Crippen LogP contribution is -2.05. The molecule has 0 radical (unpaired) electrons. The summed E-state index contributed by atoms with van der Waals surface area (Å²) in [6, 6.07) is 6.31. The molecule has 0 aliphatic heterocycles. The predicted molar refractivity (Wildman–Crippen MR) is 48.7 cm³/mol. The number of hydrogen-bond acceptors (Lipinski definition) is 3. The Labute approximate surface area is 81.7 Å². The summed E-state index contributed by atoms with van der Waals surface area (Å²) in [7, 11) is -3.43. The maximum absolute atomic E-state index is 12.5. The number of benzene rings is 1. The van der Waals surface area contributed by atoms with Crippen molar-refractivity contribution in [1.82, 2.24) is 0 Å². The van der Waals surface area contributed by atoms with Crippen molar-refractivity contribution >= 4 is 9.84 Å². The summed E-state index contributed by atoms with van der Waals surface area (Å²) in [6.45, 7) is 0. The Kier molecular flexibility index (Phi) is 3.20. The molecule has 0 saturated carbocycles. The summed E-state index contributed by atoms with van der Waals surface area (Å²) in [6.07, 6.45) is -0.0558. The fourth-order valence-electron chi connectivity index (χ4n) is 0.940. The van der Waals surface area contributed by atoms with Gasteiger partial charge in [0.1, 0.15) is 5.82 Å². The van der Waals surface area contributed by atoms with E-state index in [9.17, 15) is 12.8 Å². The number of nitriles is 1. The lowest BCUT2D eigenvalue weighted by Gasteiger charge is -2.00. The Morgan fingerprint density at radius 2 is 1.86 bits per heavy atom. The van der Waals surface area contributed by atoms with E-state index in [-0.39, 0.29) is 17.1 Å². The van der Waals surface area contributed by atoms with Gasteiger partial charge in [0.2, 0.25) is 0 Å². The maximum atomic E-state index is 12.5. The molecule has 0 heterocycles. The van der Waals surface area contributed by atoms with Crippen LogP contribution in [0.3, 0.4) is 0 Å². The predicted octanol–water partition coefficient (Wildman–Crippen LogP) is 1.51. The van der Waals surface area contributed by atoms with E-state index in [1.807, 2.05) is 0 Å². The highest BCUT2D eigenvalue weighted by molar-refractivity contribution is 7.91. The molecule has 0 aliphatic rings. The highest BCUT2D eigenvalue weighted by Crippen LogP contribution is 2.12. The lowest BCUT2D eigenvalue weighted by atomic mass is 10.4. The van der Waals surface area contributed by atoms with Gasteiger partial charge in [-0.05, 0) is 24.3 Å². The second kappa shape index (κ2) is 4.20. The highest BCUT2D eigenvalue weighted by atomic mass is 32.2. The Balaban J connectivity index is 2.94. The zero-order chi connectivity index (χ0) is 10.6. The average Bonchev–Trinajstić information content (AvgIpc) is 2.16. The highest BCUT2D eigenvalue weighted by Gasteiger charge is 2.13. The minimum atomic E-state index is -3.43. The van der Waals surface area contributed by atoms with E-state index in [4.69, 9.17) is 5.26 Å². The summed E-state index contributed by atoms with van der Waals surface area (Å²) < 4.78 is 35.3. The maximum Gasteiger partial charge on any atom is 0.179 e. The first-order valence-electron chi connectivity index (χ1n) is 3.91. The Bertz CT molecular complexity index is 445. The van der Waals surface area contributed by atoms with E-state index in [2.05, 4.69) is 0 Å². The van der Waals surface area contributed by atoms with Gasteiger partial charge in [0.25, 0.3) is 0 Å². The number of sulfone groups is 1. The van der Waals surface area contributed by atoms with Gasteiger partial charge in [-0.25, -0.2) is 12.8 Å². The molecule has 0 bridgehead atoms. The Morgan fingerprint density at radius 1 is 1.29 bits per heavy atom. The van der Waals surface area contributed by atoms with Crippen molar-refractivity contribution < 1.29 is 12.8 Å². The third kappa shape index (κ3) is 2.54. The van der Waals surface area contributed by atoms with Crippen molar-refractivity contribution in [2.45, 2.75) is 11.3 Å². The van der Waals surface area contributed by atoms with Crippen LogP contribution in [0.25, 0.3) is 0 Å². The molecule has 0 spiro atoms. The van der Waals surface area contributed by atoms with E-state index >= 15 is 0 Å². The first kappa shape index (κ1) is 10.7. The lowest BCUT2D eigenvalue weighted by molar-refractivity contribution is 0.594. The first-order valence-corrected chi connectivity index (χ1v) is 5.57. The molecule has 1 aromatic carbocycles. The molecule has 3 nitrogen and oxygen atoms in total. The zero-order valence-electron chi connectivity index (χ0n) is 7.27. The van der Waals surface area contributed by atoms with Crippen LogP contribution in [-0.2, 0) is 9.84 Å². The van der Waals surface area contributed by atoms with Crippen molar-refractivity contribution in [2.75, 3.05) is 5.75 Å². The SMILES string of the molecule is N#CCCS(=O)(=O)c1ccc(F)cc1. The van der Waals surface area contributed by atoms with Crippen molar-refractivity contribution in [3.05, 3.63) is 30.1 Å². The van der Waals surface area contributed by atoms with Gasteiger partial charge in [0.05, 0.1) is 16.7 Å². The molecule has 0 aliphatic carbocycles. The first-order chi connectivity index (χ1) is 6.56. The molecule has 14 heavy (non-hydrogen) atoms. The molecule has 1 aromatic rings. The average molecular weight is 213 g/mol. The van der Waals surface area contributed by atoms with Crippen molar-refractivity contribution in [3.63, 3.8) is 0 Å². The molecule has 0 fully saturated rings. The van der Waals surface area contributed by atoms with E-state index in [0.29, 0.717) is 0 Å². The van der Waals surface area contributed by atoms with Gasteiger partial charge in [-0.15, -0.1) is 0 Å². The van der Waals surface area contributed by atoms with Gasteiger partial charge in [-0.3, -0.25) is 0 Å². The minimum Gasteiger partial charge on any atom is -0.224 e. The van der Waals surface area contributed by atoms with Crippen LogP contribution >= 0.6 is 0 Å². The van der Waals surface area contributed by atoms with Crippen LogP contribution in [0, 0.1) is 17.1 Å². The molecule has 0 unspecified atom stereocenters. The van der Waals surface area contributed by atoms with E-state index in [1.165, 1.54) is 12.1 Å². The largest absolute Gasteiger partial charge is 0.224 e. The van der Waals surface area contributed by atoms with E-state index < -0.39 is 15.7 Å². The van der Waals surface area contributed by atoms with Gasteiger partial charge >= 0.3 is 0 Å². The second-order valence-electron chi connectivity index (χ2n) is 2.68. The van der Waals surface area contributed by atoms with Gasteiger partial charge in [0.15, 0.2) is 9.84 Å². The number of rotatable bonds is 3. The number of halogens is 1. The number of hydrogen-bond donors (Lipinski definition) is 0. The minimum absolute atomic E-state index is 0.0501. The summed E-state index contributed by atoms with van der Waals surface area (Å²) in [5.74, 6) is -0.709. The van der Waals surface area contributed by atoms with Crippen LogP contribution in [0.4, 0.5) is 4.39 Å². The Morgan fingerprint density at radius 3 is 2.36 bits per heavy atom. The zero-order valence-corrected chi connectivity index (χ0v) is 8.09. The molecule has 0 N–H and O–H groups in total. The summed E-state index contributed by atoms with van der Waals surface area (Å²) in [5, 5.41) is 8.25. The van der Waals surface area contributed by atoms with Crippen LogP contribution in [0.2, 0.25) is 0 Å². The monoisotopic (exact) mass is 213 g/mol. The molecule has 1 rings (SSSR count). The molecule has 0 saturated heterocycles. The fraction of sp³-hybridized carbons (Fsp3) is 0.222. The number of nitrogens with zero attached hydrogens (tertiary/aromatic N) is 1. The van der Waals surface area contributed by atoms with Gasteiger partial charge in [-0.1, -0.05) is 0 Å². The van der Waals surface area contributed by atoms with Crippen molar-refractivity contribution in [3.8, 4) is 6.07 Å². The van der Waals surface area contributed by atoms with Crippen LogP contribution < -0.4 is 0 Å². The molecule has 5 heteroatoms.